The van der Waals surface area contributed by atoms with Crippen molar-refractivity contribution in [3.63, 3.8) is 0 Å². The van der Waals surface area contributed by atoms with Crippen LogP contribution in [0.2, 0.25) is 36.3 Å². The molecule has 0 aliphatic heterocycles. The Balaban J connectivity index is 5.00. The summed E-state index contributed by atoms with van der Waals surface area (Å²) in [4.78, 5) is 51.4. The Morgan fingerprint density at radius 3 is 1.10 bits per heavy atom. The van der Waals surface area contributed by atoms with Gasteiger partial charge in [-0.2, -0.15) is 0 Å². The second-order valence-electron chi connectivity index (χ2n) is 17.5. The number of carbonyl (C=O) groups excluding carboxylic acids is 4. The lowest BCUT2D eigenvalue weighted by atomic mass is 9.72. The summed E-state index contributed by atoms with van der Waals surface area (Å²) in [6.45, 7) is 27.4. The Morgan fingerprint density at radius 2 is 0.880 bits per heavy atom. The van der Waals surface area contributed by atoms with Gasteiger partial charge in [0, 0.05) is 48.3 Å². The Morgan fingerprint density at radius 1 is 0.600 bits per heavy atom. The molecule has 0 spiro atoms. The molecule has 294 valence electrons. The number of primary amides is 2. The van der Waals surface area contributed by atoms with Gasteiger partial charge >= 0.3 is 0 Å². The molecule has 2 atom stereocenters. The Kier molecular flexibility index (Phi) is 18.3. The van der Waals surface area contributed by atoms with Crippen LogP contribution in [0.25, 0.3) is 0 Å². The minimum absolute atomic E-state index is 0.0122. The zero-order valence-corrected chi connectivity index (χ0v) is 37.0. The molecule has 8 N–H and O–H groups in total. The summed E-state index contributed by atoms with van der Waals surface area (Å²) in [5, 5.41) is 25.7. The molecule has 2 unspecified atom stereocenters. The van der Waals surface area contributed by atoms with Crippen LogP contribution in [0.15, 0.2) is 0 Å². The first-order valence-corrected chi connectivity index (χ1v) is 25.7. The largest absolute Gasteiger partial charge is 0.402 e. The van der Waals surface area contributed by atoms with Crippen molar-refractivity contribution in [2.24, 2.45) is 22.3 Å². The minimum atomic E-state index is -2.51. The van der Waals surface area contributed by atoms with E-state index in [1.165, 1.54) is 0 Å². The zero-order chi connectivity index (χ0) is 39.6. The van der Waals surface area contributed by atoms with Crippen molar-refractivity contribution in [3.05, 3.63) is 0 Å². The van der Waals surface area contributed by atoms with Crippen molar-refractivity contribution >= 4 is 61.9 Å². The second-order valence-corrected chi connectivity index (χ2v) is 29.7. The highest BCUT2D eigenvalue weighted by molar-refractivity contribution is 8.76. The summed E-state index contributed by atoms with van der Waals surface area (Å²) in [7, 11) is -1.91. The van der Waals surface area contributed by atoms with E-state index in [1.54, 1.807) is 49.3 Å². The van der Waals surface area contributed by atoms with Gasteiger partial charge in [-0.25, -0.2) is 0 Å². The van der Waals surface area contributed by atoms with E-state index >= 15 is 0 Å². The quantitative estimate of drug-likeness (QED) is 0.0480. The van der Waals surface area contributed by atoms with Gasteiger partial charge in [0.05, 0.1) is 13.2 Å². The number of nitrogens with one attached hydrogen (secondary N) is 2. The van der Waals surface area contributed by atoms with Gasteiger partial charge in [0.1, 0.15) is 11.2 Å². The molecule has 16 heteroatoms. The number of hydrogen-bond donors (Lipinski definition) is 6. The minimum Gasteiger partial charge on any atom is -0.402 e. The lowest BCUT2D eigenvalue weighted by Crippen LogP contribution is -2.63. The lowest BCUT2D eigenvalue weighted by molar-refractivity contribution is -0.154. The average molecular weight is 783 g/mol. The van der Waals surface area contributed by atoms with Gasteiger partial charge in [0.15, 0.2) is 16.6 Å². The maximum atomic E-state index is 12.9. The van der Waals surface area contributed by atoms with Crippen molar-refractivity contribution in [1.29, 1.82) is 0 Å². The Labute approximate surface area is 312 Å². The van der Waals surface area contributed by atoms with Crippen LogP contribution in [0, 0.1) is 10.8 Å². The molecule has 0 rings (SSSR count). The fourth-order valence-corrected chi connectivity index (χ4v) is 9.97. The van der Waals surface area contributed by atoms with Crippen LogP contribution in [0.4, 0.5) is 0 Å². The van der Waals surface area contributed by atoms with Gasteiger partial charge < -0.3 is 41.2 Å². The van der Waals surface area contributed by atoms with Crippen LogP contribution in [-0.4, -0.2) is 99.5 Å². The molecule has 0 aliphatic carbocycles. The third kappa shape index (κ3) is 12.8. The van der Waals surface area contributed by atoms with Crippen LogP contribution < -0.4 is 22.1 Å². The Hall–Kier alpha value is -1.15. The number of rotatable bonds is 23. The van der Waals surface area contributed by atoms with E-state index in [-0.39, 0.29) is 60.8 Å². The number of hydrogen-bond acceptors (Lipinski definition) is 10. The van der Waals surface area contributed by atoms with Crippen LogP contribution >= 0.6 is 21.6 Å². The molecule has 0 aromatic carbocycles. The molecule has 0 saturated heterocycles. The summed E-state index contributed by atoms with van der Waals surface area (Å²) in [5.74, 6) is -0.612. The van der Waals surface area contributed by atoms with E-state index in [1.807, 2.05) is 26.2 Å². The molecule has 0 aromatic heterocycles. The van der Waals surface area contributed by atoms with Crippen molar-refractivity contribution < 1.29 is 38.2 Å². The summed E-state index contributed by atoms with van der Waals surface area (Å²) in [5.41, 5.74) is 6.83. The highest BCUT2D eigenvalue weighted by Crippen LogP contribution is 2.47. The number of nitrogens with two attached hydrogens (primary N) is 2. The third-order valence-electron chi connectivity index (χ3n) is 10.8. The molecular weight excluding hydrogens is 713 g/mol. The third-order valence-corrected chi connectivity index (χ3v) is 22.1. The summed E-state index contributed by atoms with van der Waals surface area (Å²) in [6.07, 6.45) is 0.128. The van der Waals surface area contributed by atoms with Gasteiger partial charge in [-0.3, -0.25) is 19.2 Å². The fourth-order valence-electron chi connectivity index (χ4n) is 4.84. The maximum absolute atomic E-state index is 12.9. The predicted molar refractivity (Wildman–Crippen MR) is 212 cm³/mol. The van der Waals surface area contributed by atoms with Crippen molar-refractivity contribution in [1.82, 2.24) is 10.6 Å². The zero-order valence-electron chi connectivity index (χ0n) is 33.4. The number of carbonyl (C=O) groups is 4. The molecule has 0 heterocycles. The van der Waals surface area contributed by atoms with E-state index in [9.17, 15) is 29.4 Å². The molecule has 0 bridgehead atoms. The number of amides is 4. The second kappa shape index (κ2) is 18.7. The van der Waals surface area contributed by atoms with Crippen molar-refractivity contribution in [2.75, 3.05) is 37.8 Å². The normalized spacial score (nSPS) is 15.9. The van der Waals surface area contributed by atoms with Gasteiger partial charge in [0.2, 0.25) is 23.6 Å². The van der Waals surface area contributed by atoms with E-state index < -0.39 is 50.5 Å². The monoisotopic (exact) mass is 782 g/mol. The molecule has 50 heavy (non-hydrogen) atoms. The van der Waals surface area contributed by atoms with Crippen molar-refractivity contribution in [2.45, 2.75) is 142 Å². The molecule has 0 aromatic rings. The topological polar surface area (TPSA) is 203 Å². The Bertz CT molecular complexity index is 1070. The lowest BCUT2D eigenvalue weighted by Gasteiger charge is -2.50. The molecule has 0 aliphatic rings. The summed E-state index contributed by atoms with van der Waals surface area (Å²) in [6, 6.07) is 0. The molecule has 0 radical (unpaired) electrons. The smallest absolute Gasteiger partial charge is 0.249 e. The van der Waals surface area contributed by atoms with E-state index in [0.717, 1.165) is 0 Å². The van der Waals surface area contributed by atoms with Gasteiger partial charge in [-0.1, -0.05) is 90.8 Å². The van der Waals surface area contributed by atoms with E-state index in [4.69, 9.17) is 20.3 Å². The SMILES string of the molecule is CC(C)(CO)C(CCC(=O)NCCSSCCNC(=O)CCC(O[Si](C)(C)C(C)(C)C)(C(N)=O)C(C)(C)CO)(O[Si](C)(C)C(C)(C)C)C(N)=O. The number of aliphatic hydroxyl groups excluding tert-OH is 2. The highest BCUT2D eigenvalue weighted by Gasteiger charge is 2.57. The summed E-state index contributed by atoms with van der Waals surface area (Å²) >= 11 is 0. The van der Waals surface area contributed by atoms with Gasteiger partial charge in [-0.05, 0) is 49.1 Å². The molecule has 12 nitrogen and oxygen atoms in total. The maximum Gasteiger partial charge on any atom is 0.249 e. The van der Waals surface area contributed by atoms with Gasteiger partial charge in [0.25, 0.3) is 0 Å². The first-order chi connectivity index (χ1) is 22.4. The van der Waals surface area contributed by atoms with Crippen LogP contribution in [0.5, 0.6) is 0 Å². The van der Waals surface area contributed by atoms with E-state index in [2.05, 4.69) is 52.2 Å². The molecular formula is C34H70N4O8S2Si2. The van der Waals surface area contributed by atoms with Crippen LogP contribution in [-0.2, 0) is 28.0 Å². The molecule has 0 fully saturated rings. The first kappa shape index (κ1) is 48.9. The highest BCUT2D eigenvalue weighted by atomic mass is 33.1. The average Bonchev–Trinajstić information content (AvgIpc) is 2.96. The number of aliphatic hydroxyl groups is 2. The first-order valence-electron chi connectivity index (χ1n) is 17.4. The van der Waals surface area contributed by atoms with Crippen molar-refractivity contribution in [3.8, 4) is 0 Å². The molecule has 4 amide bonds. The fraction of sp³-hybridized carbons (Fsp3) is 0.882. The molecule has 0 saturated carbocycles. The standard InChI is InChI=1S/C34H70N4O8S2Si2/c1-29(2,3)49(11,12)45-33(27(35)43,31(7,8)23-39)17-15-25(41)37-19-21-47-48-22-20-38-26(42)16-18-34(28(36)44,32(9,10)24-40)46-50(13,14)30(4,5)6/h39-40H,15-24H2,1-14H3,(H2,35,43)(H2,36,44)(H,37,41)(H,38,42). The van der Waals surface area contributed by atoms with Crippen LogP contribution in [0.1, 0.15) is 94.9 Å². The van der Waals surface area contributed by atoms with Crippen LogP contribution in [0.3, 0.4) is 0 Å². The summed E-state index contributed by atoms with van der Waals surface area (Å²) < 4.78 is 13.2. The van der Waals surface area contributed by atoms with Gasteiger partial charge in [-0.15, -0.1) is 0 Å². The predicted octanol–water partition coefficient (Wildman–Crippen LogP) is 4.69. The van der Waals surface area contributed by atoms with E-state index in [0.29, 0.717) is 24.6 Å².